The van der Waals surface area contributed by atoms with Gasteiger partial charge in [0.15, 0.2) is 0 Å². The monoisotopic (exact) mass is 1030 g/mol. The van der Waals surface area contributed by atoms with Gasteiger partial charge in [0.1, 0.15) is 0 Å². The summed E-state index contributed by atoms with van der Waals surface area (Å²) in [5, 5.41) is 0. The summed E-state index contributed by atoms with van der Waals surface area (Å²) < 4.78 is 13.0. The van der Waals surface area contributed by atoms with E-state index in [0.29, 0.717) is 17.8 Å². The van der Waals surface area contributed by atoms with Crippen LogP contribution < -0.4 is 48.5 Å². The Morgan fingerprint density at radius 1 is 0.373 bits per heavy atom. The number of rotatable bonds is 6. The molecule has 4 aliphatic rings. The standard InChI is InChI=1S/C70H59BGeN2O/c1-45(2)48-42-51(46(3)4)69(52(43-48)47(5)6)71-57-30-14-23-39-67(57)75-68-44-50(40-41-58(68)71)74-63-35-19-12-28-55(63)70(56-29-13-20-36-64(56)74)53-26-10-15-31-59(53)72(60-32-16-11-27-54(60)70)61-33-17-21-37-65(61)73(49-24-8-7-9-25-49)66-38-22-18-34-62(66)72/h7-47H,1-6H3. The molecule has 0 N–H and O–H groups in total. The fourth-order valence-corrected chi connectivity index (χ4v) is 25.9. The quantitative estimate of drug-likeness (QED) is 0.154. The first-order chi connectivity index (χ1) is 36.7. The molecular formula is C70H59BGeN2O. The van der Waals surface area contributed by atoms with Gasteiger partial charge in [0.25, 0.3) is 0 Å². The minimum Gasteiger partial charge on any atom is -0.0587 e. The first-order valence-electron chi connectivity index (χ1n) is 27.0. The van der Waals surface area contributed by atoms with E-state index in [1.807, 2.05) is 0 Å². The third-order valence-electron chi connectivity index (χ3n) is 17.2. The van der Waals surface area contributed by atoms with Gasteiger partial charge in [-0.1, -0.05) is 71.9 Å². The summed E-state index contributed by atoms with van der Waals surface area (Å²) >= 11 is -3.89. The number of hydrogen-bond acceptors (Lipinski definition) is 3. The van der Waals surface area contributed by atoms with Crippen molar-refractivity contribution in [1.82, 2.24) is 0 Å². The second-order valence-electron chi connectivity index (χ2n) is 22.0. The van der Waals surface area contributed by atoms with Crippen LogP contribution in [0.25, 0.3) is 0 Å². The van der Waals surface area contributed by atoms with Gasteiger partial charge in [-0.25, -0.2) is 0 Å². The maximum Gasteiger partial charge on any atom is -0.0224 e. The van der Waals surface area contributed by atoms with E-state index in [0.717, 1.165) is 17.2 Å². The number of hydrogen-bond donors (Lipinski definition) is 0. The molecule has 14 rings (SSSR count). The molecule has 0 fully saturated rings. The minimum absolute atomic E-state index is 0.0159. The van der Waals surface area contributed by atoms with Crippen LogP contribution in [0.2, 0.25) is 0 Å². The third kappa shape index (κ3) is 6.42. The van der Waals surface area contributed by atoms with Crippen LogP contribution in [0.4, 0.5) is 34.1 Å². The molecule has 10 aromatic rings. The average Bonchev–Trinajstić information content (AvgIpc) is 3.49. The normalized spacial score (nSPS) is 14.9. The maximum atomic E-state index is 7.14. The molecule has 0 saturated heterocycles. The van der Waals surface area contributed by atoms with E-state index < -0.39 is 18.7 Å². The zero-order valence-corrected chi connectivity index (χ0v) is 45.6. The SMILES string of the molecule is CC(C)c1cc(C(C)C)c(B2c3ccccc3Oc3cc(N4c5ccccc5C5(c6ccccc64)c4cccc[c]4[Ge]4([c]6ccccc6N(c6ccccc6)c6cccc[c]64)[c]4ccccc45)ccc32)c(C(C)C)c1. The molecule has 4 heterocycles. The van der Waals surface area contributed by atoms with Crippen LogP contribution in [-0.4, -0.2) is 20.0 Å². The Hall–Kier alpha value is -7.79. The van der Waals surface area contributed by atoms with E-state index >= 15 is 0 Å². The van der Waals surface area contributed by atoms with E-state index in [4.69, 9.17) is 4.74 Å². The van der Waals surface area contributed by atoms with Gasteiger partial charge in [-0.3, -0.25) is 0 Å². The fraction of sp³-hybridized carbons (Fsp3) is 0.143. The van der Waals surface area contributed by atoms with Gasteiger partial charge < -0.3 is 0 Å². The van der Waals surface area contributed by atoms with Crippen LogP contribution in [0.1, 0.15) is 98.2 Å². The minimum atomic E-state index is -3.89. The van der Waals surface area contributed by atoms with Gasteiger partial charge in [-0.2, -0.15) is 0 Å². The molecule has 4 aliphatic heterocycles. The molecule has 5 heteroatoms. The number of para-hydroxylation sites is 6. The van der Waals surface area contributed by atoms with Crippen molar-refractivity contribution in [1.29, 1.82) is 0 Å². The Morgan fingerprint density at radius 2 is 0.813 bits per heavy atom. The molecule has 0 radical (unpaired) electrons. The second kappa shape index (κ2) is 17.4. The number of anilines is 6. The molecule has 0 aromatic heterocycles. The van der Waals surface area contributed by atoms with Crippen molar-refractivity contribution in [2.45, 2.75) is 64.7 Å². The molecule has 362 valence electrons. The van der Waals surface area contributed by atoms with Gasteiger partial charge >= 0.3 is 342 Å². The first kappa shape index (κ1) is 45.8. The van der Waals surface area contributed by atoms with Crippen LogP contribution in [0.5, 0.6) is 11.5 Å². The smallest absolute Gasteiger partial charge is 0.0224 e. The Balaban J connectivity index is 1.00. The van der Waals surface area contributed by atoms with E-state index in [9.17, 15) is 0 Å². The van der Waals surface area contributed by atoms with Crippen molar-refractivity contribution >= 4 is 88.1 Å². The van der Waals surface area contributed by atoms with Gasteiger partial charge in [-0.05, 0) is 34.4 Å². The molecule has 75 heavy (non-hydrogen) atoms. The van der Waals surface area contributed by atoms with Crippen LogP contribution in [0.3, 0.4) is 0 Å². The summed E-state index contributed by atoms with van der Waals surface area (Å²) in [4.78, 5) is 5.03. The number of nitrogens with zero attached hydrogens (tertiary/aromatic N) is 2. The number of ether oxygens (including phenoxy) is 1. The molecule has 3 nitrogen and oxygen atoms in total. The average molecular weight is 1030 g/mol. The van der Waals surface area contributed by atoms with Crippen molar-refractivity contribution < 1.29 is 4.74 Å². The van der Waals surface area contributed by atoms with Crippen molar-refractivity contribution in [2.24, 2.45) is 0 Å². The molecule has 0 saturated carbocycles. The predicted molar refractivity (Wildman–Crippen MR) is 318 cm³/mol. The van der Waals surface area contributed by atoms with Gasteiger partial charge in [0.05, 0.1) is 0 Å². The summed E-state index contributed by atoms with van der Waals surface area (Å²) in [6.45, 7) is 14.1. The summed E-state index contributed by atoms with van der Waals surface area (Å²) in [6, 6.07) is 88.1. The van der Waals surface area contributed by atoms with Gasteiger partial charge in [0, 0.05) is 0 Å². The molecule has 0 atom stereocenters. The Bertz CT molecular complexity index is 3740. The van der Waals surface area contributed by atoms with E-state index in [1.165, 1.54) is 101 Å². The van der Waals surface area contributed by atoms with Crippen molar-refractivity contribution in [2.75, 3.05) is 9.80 Å². The summed E-state index contributed by atoms with van der Waals surface area (Å²) in [5.74, 6) is 2.97. The first-order valence-corrected chi connectivity index (χ1v) is 31.2. The summed E-state index contributed by atoms with van der Waals surface area (Å²) in [5.41, 5.74) is 19.9. The van der Waals surface area contributed by atoms with Crippen LogP contribution in [0, 0.1) is 0 Å². The Labute approximate surface area is 445 Å². The molecule has 0 bridgehead atoms. The summed E-state index contributed by atoms with van der Waals surface area (Å²) in [7, 11) is 0. The topological polar surface area (TPSA) is 15.7 Å². The number of benzene rings is 10. The van der Waals surface area contributed by atoms with Crippen molar-refractivity contribution in [3.8, 4) is 11.5 Å². The largest absolute Gasteiger partial charge is 0.0587 e. The van der Waals surface area contributed by atoms with E-state index in [2.05, 4.69) is 282 Å². The van der Waals surface area contributed by atoms with Crippen LogP contribution >= 0.6 is 0 Å². The van der Waals surface area contributed by atoms with Gasteiger partial charge in [-0.15, -0.1) is 0 Å². The van der Waals surface area contributed by atoms with Crippen molar-refractivity contribution in [3.63, 3.8) is 0 Å². The fourth-order valence-electron chi connectivity index (χ4n) is 14.1. The third-order valence-corrected chi connectivity index (χ3v) is 27.5. The molecule has 10 aromatic carbocycles. The van der Waals surface area contributed by atoms with Crippen molar-refractivity contribution in [3.05, 3.63) is 269 Å². The predicted octanol–water partition coefficient (Wildman–Crippen LogP) is 13.3. The second-order valence-corrected chi connectivity index (χ2v) is 29.7. The van der Waals surface area contributed by atoms with E-state index in [1.54, 1.807) is 0 Å². The van der Waals surface area contributed by atoms with Crippen LogP contribution in [0.15, 0.2) is 231 Å². The molecule has 0 unspecified atom stereocenters. The summed E-state index contributed by atoms with van der Waals surface area (Å²) in [6.07, 6.45) is 0. The number of fused-ring (bicyclic) bond motifs is 16. The molecular weight excluding hydrogens is 968 g/mol. The zero-order valence-electron chi connectivity index (χ0n) is 43.6. The van der Waals surface area contributed by atoms with E-state index in [-0.39, 0.29) is 6.71 Å². The zero-order chi connectivity index (χ0) is 50.7. The molecule has 0 amide bonds. The Kier molecular flexibility index (Phi) is 10.6. The molecule has 2 spiro atoms. The van der Waals surface area contributed by atoms with Crippen LogP contribution in [-0.2, 0) is 5.41 Å². The Morgan fingerprint density at radius 3 is 1.36 bits per heavy atom. The molecule has 0 aliphatic carbocycles. The van der Waals surface area contributed by atoms with Gasteiger partial charge in [0.2, 0.25) is 0 Å². The maximum absolute atomic E-state index is 7.14.